The maximum Gasteiger partial charge on any atom is 0.323 e. The minimum Gasteiger partial charge on any atom is -0.339 e. The minimum atomic E-state index is -0.394. The molecule has 0 saturated heterocycles. The smallest absolute Gasteiger partial charge is 0.323 e. The molecule has 4 N–H and O–H groups in total. The van der Waals surface area contributed by atoms with Gasteiger partial charge in [0.15, 0.2) is 5.82 Å². The van der Waals surface area contributed by atoms with Gasteiger partial charge in [0.2, 0.25) is 5.95 Å². The van der Waals surface area contributed by atoms with Gasteiger partial charge in [-0.15, -0.1) is 0 Å². The highest BCUT2D eigenvalue weighted by Crippen LogP contribution is 2.29. The molecule has 0 unspecified atom stereocenters. The number of carbonyl (C=O) groups excluding carboxylic acids is 1. The second-order valence-electron chi connectivity index (χ2n) is 8.03. The van der Waals surface area contributed by atoms with Crippen molar-refractivity contribution in [2.45, 2.75) is 12.8 Å². The average molecular weight is 482 g/mol. The Hall–Kier alpha value is -4.61. The first-order valence-corrected chi connectivity index (χ1v) is 11.3. The molecule has 35 heavy (non-hydrogen) atoms. The Morgan fingerprint density at radius 3 is 2.51 bits per heavy atom. The Balaban J connectivity index is 1.44. The predicted octanol–water partition coefficient (Wildman–Crippen LogP) is 6.23. The number of fused-ring (bicyclic) bond motifs is 6. The average Bonchev–Trinajstić information content (AvgIpc) is 2.85. The first-order valence-electron chi connectivity index (χ1n) is 10.9. The van der Waals surface area contributed by atoms with E-state index in [-0.39, 0.29) is 0 Å². The number of benzene rings is 3. The van der Waals surface area contributed by atoms with Crippen molar-refractivity contribution in [1.82, 2.24) is 9.97 Å². The molecule has 6 bridgehead atoms. The highest BCUT2D eigenvalue weighted by atomic mass is 35.5. The van der Waals surface area contributed by atoms with Gasteiger partial charge in [0.1, 0.15) is 5.02 Å². The molecule has 9 heteroatoms. The zero-order valence-corrected chi connectivity index (χ0v) is 19.2. The fraction of sp³-hybridized carbons (Fsp3) is 0.0769. The van der Waals surface area contributed by atoms with Gasteiger partial charge >= 0.3 is 6.03 Å². The number of aryl methyl sites for hydroxylation is 2. The zero-order valence-electron chi connectivity index (χ0n) is 18.5. The summed E-state index contributed by atoms with van der Waals surface area (Å²) in [4.78, 5) is 21.4. The Morgan fingerprint density at radius 2 is 1.69 bits per heavy atom. The molecule has 0 fully saturated rings. The van der Waals surface area contributed by atoms with E-state index in [1.165, 1.54) is 6.20 Å². The lowest BCUT2D eigenvalue weighted by molar-refractivity contribution is 0.262. The number of amides is 2. The highest BCUT2D eigenvalue weighted by molar-refractivity contribution is 6.32. The number of nitriles is 1. The van der Waals surface area contributed by atoms with Crippen molar-refractivity contribution < 1.29 is 4.79 Å². The van der Waals surface area contributed by atoms with Gasteiger partial charge in [-0.05, 0) is 78.6 Å². The standard InChI is InChI=1S/C26H20ClN7O/c27-23-15-29-25-31-20-3-1-2-16(10-20)4-5-18-11-21(30-24(23)34-25)13-22(12-18)33-26(35)32-19-8-6-17(14-28)7-9-19/h1-3,6-13,15H,4-5H2,(H2,32,33,35)(H2,29,30,31,34). The number of hydrogen-bond acceptors (Lipinski definition) is 6. The Bertz CT molecular complexity index is 1450. The third-order valence-corrected chi connectivity index (χ3v) is 5.69. The van der Waals surface area contributed by atoms with Crippen molar-refractivity contribution >= 4 is 52.1 Å². The molecular weight excluding hydrogens is 462 g/mol. The summed E-state index contributed by atoms with van der Waals surface area (Å²) in [6.45, 7) is 0. The number of aromatic nitrogens is 2. The molecule has 4 aromatic rings. The monoisotopic (exact) mass is 481 g/mol. The molecule has 5 rings (SSSR count). The number of nitrogens with zero attached hydrogens (tertiary/aromatic N) is 3. The predicted molar refractivity (Wildman–Crippen MR) is 138 cm³/mol. The van der Waals surface area contributed by atoms with Crippen molar-refractivity contribution in [1.29, 1.82) is 5.26 Å². The molecule has 0 radical (unpaired) electrons. The summed E-state index contributed by atoms with van der Waals surface area (Å²) in [5.74, 6) is 0.870. The summed E-state index contributed by atoms with van der Waals surface area (Å²) < 4.78 is 0. The number of halogens is 1. The van der Waals surface area contributed by atoms with E-state index in [9.17, 15) is 4.79 Å². The molecule has 0 spiro atoms. The quantitative estimate of drug-likeness (QED) is 0.270. The van der Waals surface area contributed by atoms with E-state index < -0.39 is 6.03 Å². The number of hydrogen-bond donors (Lipinski definition) is 4. The van der Waals surface area contributed by atoms with Crippen molar-refractivity contribution in [3.63, 3.8) is 0 Å². The molecule has 8 nitrogen and oxygen atoms in total. The lowest BCUT2D eigenvalue weighted by Crippen LogP contribution is -2.19. The Labute approximate surface area is 207 Å². The lowest BCUT2D eigenvalue weighted by Gasteiger charge is -2.14. The normalized spacial score (nSPS) is 11.9. The van der Waals surface area contributed by atoms with Crippen LogP contribution in [0, 0.1) is 11.3 Å². The van der Waals surface area contributed by atoms with Crippen LogP contribution in [0.4, 0.5) is 39.3 Å². The van der Waals surface area contributed by atoms with E-state index in [0.717, 1.165) is 35.3 Å². The van der Waals surface area contributed by atoms with Crippen LogP contribution in [0.1, 0.15) is 16.7 Å². The molecular formula is C26H20ClN7O. The molecule has 2 amide bonds. The maximum atomic E-state index is 12.6. The van der Waals surface area contributed by atoms with E-state index >= 15 is 0 Å². The number of urea groups is 1. The highest BCUT2D eigenvalue weighted by Gasteiger charge is 2.12. The second kappa shape index (κ2) is 9.71. The molecule has 1 aliphatic heterocycles. The van der Waals surface area contributed by atoms with Crippen LogP contribution in [0.25, 0.3) is 0 Å². The zero-order chi connectivity index (χ0) is 24.2. The Morgan fingerprint density at radius 1 is 0.914 bits per heavy atom. The summed E-state index contributed by atoms with van der Waals surface area (Å²) in [5, 5.41) is 21.4. The number of nitrogens with one attached hydrogen (secondary N) is 4. The second-order valence-corrected chi connectivity index (χ2v) is 8.43. The maximum absolute atomic E-state index is 12.6. The van der Waals surface area contributed by atoms with E-state index in [1.54, 1.807) is 24.3 Å². The third kappa shape index (κ3) is 5.49. The molecule has 0 aliphatic carbocycles. The van der Waals surface area contributed by atoms with Crippen LogP contribution < -0.4 is 21.3 Å². The van der Waals surface area contributed by atoms with E-state index in [0.29, 0.717) is 33.7 Å². The molecule has 0 saturated carbocycles. The van der Waals surface area contributed by atoms with Crippen LogP contribution in [0.3, 0.4) is 0 Å². The molecule has 1 aliphatic rings. The van der Waals surface area contributed by atoms with Gasteiger partial charge in [0.25, 0.3) is 0 Å². The summed E-state index contributed by atoms with van der Waals surface area (Å²) in [7, 11) is 0. The van der Waals surface area contributed by atoms with Gasteiger partial charge in [-0.1, -0.05) is 23.7 Å². The van der Waals surface area contributed by atoms with E-state index in [1.807, 2.05) is 30.3 Å². The number of anilines is 6. The van der Waals surface area contributed by atoms with Gasteiger partial charge in [-0.2, -0.15) is 10.2 Å². The van der Waals surface area contributed by atoms with Crippen LogP contribution >= 0.6 is 11.6 Å². The van der Waals surface area contributed by atoms with Crippen LogP contribution in [-0.2, 0) is 12.8 Å². The summed E-state index contributed by atoms with van der Waals surface area (Å²) >= 11 is 6.35. The van der Waals surface area contributed by atoms with Crippen LogP contribution in [-0.4, -0.2) is 16.0 Å². The van der Waals surface area contributed by atoms with E-state index in [4.69, 9.17) is 16.9 Å². The van der Waals surface area contributed by atoms with Crippen LogP contribution in [0.5, 0.6) is 0 Å². The van der Waals surface area contributed by atoms with Gasteiger partial charge < -0.3 is 21.3 Å². The number of carbonyl (C=O) groups is 1. The van der Waals surface area contributed by atoms with Gasteiger partial charge in [0, 0.05) is 22.7 Å². The fourth-order valence-electron chi connectivity index (χ4n) is 3.78. The molecule has 1 aromatic heterocycles. The molecule has 172 valence electrons. The summed E-state index contributed by atoms with van der Waals surface area (Å²) in [5.41, 5.74) is 5.54. The number of rotatable bonds is 2. The van der Waals surface area contributed by atoms with Crippen LogP contribution in [0.15, 0.2) is 72.9 Å². The topological polar surface area (TPSA) is 115 Å². The van der Waals surface area contributed by atoms with E-state index in [2.05, 4.69) is 49.4 Å². The fourth-order valence-corrected chi connectivity index (χ4v) is 3.91. The first kappa shape index (κ1) is 22.2. The van der Waals surface area contributed by atoms with Crippen LogP contribution in [0.2, 0.25) is 5.02 Å². The summed E-state index contributed by atoms with van der Waals surface area (Å²) in [6, 6.07) is 22.2. The molecule has 2 heterocycles. The van der Waals surface area contributed by atoms with Crippen molar-refractivity contribution in [2.75, 3.05) is 21.3 Å². The minimum absolute atomic E-state index is 0.373. The van der Waals surface area contributed by atoms with Crippen molar-refractivity contribution in [3.8, 4) is 6.07 Å². The van der Waals surface area contributed by atoms with Crippen molar-refractivity contribution in [3.05, 3.63) is 94.6 Å². The third-order valence-electron chi connectivity index (χ3n) is 5.41. The molecule has 0 atom stereocenters. The lowest BCUT2D eigenvalue weighted by atomic mass is 10.0. The Kier molecular flexibility index (Phi) is 6.16. The van der Waals surface area contributed by atoms with Crippen molar-refractivity contribution in [2.24, 2.45) is 0 Å². The molecule has 3 aromatic carbocycles. The largest absolute Gasteiger partial charge is 0.339 e. The van der Waals surface area contributed by atoms with Gasteiger partial charge in [0.05, 0.1) is 17.8 Å². The summed E-state index contributed by atoms with van der Waals surface area (Å²) in [6.07, 6.45) is 3.12. The first-order chi connectivity index (χ1) is 17.0. The van der Waals surface area contributed by atoms with Gasteiger partial charge in [-0.3, -0.25) is 0 Å². The van der Waals surface area contributed by atoms with Gasteiger partial charge in [-0.25, -0.2) is 9.78 Å². The SMILES string of the molecule is N#Cc1ccc(NC(=O)Nc2cc3cc(c2)Nc2nc(ncc2Cl)Nc2cccc(c2)CC3)cc1.